The third kappa shape index (κ3) is 7.09. The van der Waals surface area contributed by atoms with Crippen LogP contribution in [-0.2, 0) is 6.42 Å². The number of carbonyl (C=O) groups excluding carboxylic acids is 1. The summed E-state index contributed by atoms with van der Waals surface area (Å²) in [6, 6.07) is 25.1. The minimum absolute atomic E-state index is 0. The van der Waals surface area contributed by atoms with E-state index in [1.165, 1.54) is 11.8 Å². The number of aliphatic hydroxyl groups excluding tert-OH is 1. The van der Waals surface area contributed by atoms with Crippen molar-refractivity contribution in [3.05, 3.63) is 96.2 Å². The summed E-state index contributed by atoms with van der Waals surface area (Å²) in [6.07, 6.45) is 1.65. The molecule has 1 amide bonds. The first-order valence-electron chi connectivity index (χ1n) is 13.0. The number of rotatable bonds is 12. The van der Waals surface area contributed by atoms with Gasteiger partial charge in [0.05, 0.1) is 11.1 Å². The van der Waals surface area contributed by atoms with Crippen molar-refractivity contribution in [1.82, 2.24) is 15.3 Å². The van der Waals surface area contributed by atoms with Gasteiger partial charge in [0, 0.05) is 35.1 Å². The topological polar surface area (TPSA) is 122 Å². The molecule has 40 heavy (non-hydrogen) atoms. The largest absolute Gasteiger partial charge is 0.490 e. The zero-order chi connectivity index (χ0) is 27.2. The normalized spacial score (nSPS) is 12.6. The maximum atomic E-state index is 11.2. The molecule has 9 heteroatoms. The number of H-pyrrole nitrogens is 1. The van der Waals surface area contributed by atoms with Crippen molar-refractivity contribution < 1.29 is 19.4 Å². The molecule has 5 aromatic rings. The second-order valence-electron chi connectivity index (χ2n) is 9.78. The Balaban J connectivity index is 0.00000370. The highest BCUT2D eigenvalue weighted by Crippen LogP contribution is 2.33. The van der Waals surface area contributed by atoms with Crippen LogP contribution in [0.2, 0.25) is 0 Å². The van der Waals surface area contributed by atoms with Crippen molar-refractivity contribution in [2.24, 2.45) is 11.7 Å². The van der Waals surface area contributed by atoms with Crippen LogP contribution in [0.1, 0.15) is 22.8 Å². The number of amides is 1. The third-order valence-corrected chi connectivity index (χ3v) is 6.55. The lowest BCUT2D eigenvalue weighted by Gasteiger charge is -2.17. The molecule has 2 unspecified atom stereocenters. The number of para-hydroxylation sites is 1. The fraction of sp³-hybridized carbons (Fsp3) is 0.226. The Hall–Kier alpha value is -4.11. The molecule has 2 atom stereocenters. The molecule has 0 bridgehead atoms. The first-order valence-corrected chi connectivity index (χ1v) is 13.0. The van der Waals surface area contributed by atoms with E-state index in [-0.39, 0.29) is 19.0 Å². The van der Waals surface area contributed by atoms with Crippen LogP contribution >= 0.6 is 12.4 Å². The summed E-state index contributed by atoms with van der Waals surface area (Å²) in [7, 11) is 0. The van der Waals surface area contributed by atoms with E-state index in [0.29, 0.717) is 29.7 Å². The number of halogens is 1. The maximum absolute atomic E-state index is 11.2. The van der Waals surface area contributed by atoms with Gasteiger partial charge in [-0.1, -0.05) is 43.3 Å². The zero-order valence-electron chi connectivity index (χ0n) is 22.2. The van der Waals surface area contributed by atoms with Crippen LogP contribution in [0.15, 0.2) is 85.1 Å². The number of pyridine rings is 1. The van der Waals surface area contributed by atoms with E-state index in [0.717, 1.165) is 40.5 Å². The van der Waals surface area contributed by atoms with Gasteiger partial charge in [-0.2, -0.15) is 0 Å². The van der Waals surface area contributed by atoms with Crippen LogP contribution in [0.4, 0.5) is 0 Å². The number of ether oxygens (including phenoxy) is 2. The Kier molecular flexibility index (Phi) is 9.60. The van der Waals surface area contributed by atoms with Crippen LogP contribution in [0.5, 0.6) is 17.4 Å². The minimum atomic E-state index is -0.625. The summed E-state index contributed by atoms with van der Waals surface area (Å²) in [5.41, 5.74) is 8.84. The second-order valence-corrected chi connectivity index (χ2v) is 9.78. The number of fused-ring (bicyclic) bond motifs is 3. The lowest BCUT2D eigenvalue weighted by atomic mass is 10.0. The number of aromatic amines is 1. The second kappa shape index (κ2) is 13.3. The molecule has 8 nitrogen and oxygen atoms in total. The third-order valence-electron chi connectivity index (χ3n) is 6.55. The highest BCUT2D eigenvalue weighted by Gasteiger charge is 2.12. The average molecular weight is 561 g/mol. The predicted octanol–water partition coefficient (Wildman–Crippen LogP) is 5.24. The summed E-state index contributed by atoms with van der Waals surface area (Å²) >= 11 is 0. The number of nitrogens with zero attached hydrogens (tertiary/aromatic N) is 1. The number of hydrogen-bond acceptors (Lipinski definition) is 6. The van der Waals surface area contributed by atoms with E-state index >= 15 is 0 Å². The van der Waals surface area contributed by atoms with Gasteiger partial charge in [-0.05, 0) is 60.8 Å². The van der Waals surface area contributed by atoms with Gasteiger partial charge in [0.15, 0.2) is 0 Å². The summed E-state index contributed by atoms with van der Waals surface area (Å²) in [5, 5.41) is 16.0. The van der Waals surface area contributed by atoms with Crippen molar-refractivity contribution in [1.29, 1.82) is 0 Å². The van der Waals surface area contributed by atoms with Gasteiger partial charge in [-0.3, -0.25) is 4.79 Å². The predicted molar refractivity (Wildman–Crippen MR) is 160 cm³/mol. The lowest BCUT2D eigenvalue weighted by Crippen LogP contribution is -2.34. The van der Waals surface area contributed by atoms with Crippen LogP contribution in [0.3, 0.4) is 0 Å². The van der Waals surface area contributed by atoms with E-state index in [1.807, 2.05) is 60.7 Å². The number of primary amides is 1. The van der Waals surface area contributed by atoms with E-state index in [1.54, 1.807) is 12.1 Å². The van der Waals surface area contributed by atoms with E-state index in [2.05, 4.69) is 28.3 Å². The van der Waals surface area contributed by atoms with Crippen LogP contribution in [0, 0.1) is 5.92 Å². The zero-order valence-corrected chi connectivity index (χ0v) is 23.0. The molecule has 2 aromatic heterocycles. The first-order chi connectivity index (χ1) is 19.0. The van der Waals surface area contributed by atoms with E-state index < -0.39 is 12.0 Å². The Labute approximate surface area is 238 Å². The van der Waals surface area contributed by atoms with Crippen molar-refractivity contribution in [3.63, 3.8) is 0 Å². The van der Waals surface area contributed by atoms with Gasteiger partial charge in [-0.15, -0.1) is 12.4 Å². The fourth-order valence-electron chi connectivity index (χ4n) is 4.61. The molecule has 2 heterocycles. The van der Waals surface area contributed by atoms with Crippen LogP contribution in [-0.4, -0.2) is 46.8 Å². The first kappa shape index (κ1) is 28.9. The van der Waals surface area contributed by atoms with Crippen molar-refractivity contribution in [2.75, 3.05) is 19.7 Å². The van der Waals surface area contributed by atoms with Crippen molar-refractivity contribution in [3.8, 4) is 17.4 Å². The van der Waals surface area contributed by atoms with Gasteiger partial charge in [0.25, 0.3) is 0 Å². The lowest BCUT2D eigenvalue weighted by molar-refractivity contribution is 0.0999. The van der Waals surface area contributed by atoms with Gasteiger partial charge >= 0.3 is 0 Å². The number of carbonyl (C=O) groups is 1. The molecule has 0 saturated carbocycles. The number of hydrogen-bond donors (Lipinski definition) is 4. The van der Waals surface area contributed by atoms with E-state index in [4.69, 9.17) is 15.2 Å². The summed E-state index contributed by atoms with van der Waals surface area (Å²) < 4.78 is 11.8. The Morgan fingerprint density at radius 1 is 1.00 bits per heavy atom. The summed E-state index contributed by atoms with van der Waals surface area (Å²) in [6.45, 7) is 3.59. The van der Waals surface area contributed by atoms with Crippen molar-refractivity contribution >= 4 is 40.1 Å². The molecule has 5 N–H and O–H groups in total. The molecule has 0 aliphatic heterocycles. The number of aliphatic hydroxyl groups is 1. The highest BCUT2D eigenvalue weighted by atomic mass is 35.5. The number of nitrogens with one attached hydrogen (secondary N) is 2. The van der Waals surface area contributed by atoms with Gasteiger partial charge < -0.3 is 30.6 Å². The fourth-order valence-corrected chi connectivity index (χ4v) is 4.61. The molecule has 0 spiro atoms. The van der Waals surface area contributed by atoms with E-state index in [9.17, 15) is 9.90 Å². The molecule has 0 aliphatic carbocycles. The molecular formula is C31H33ClN4O4. The number of nitrogens with two attached hydrogens (primary N) is 1. The summed E-state index contributed by atoms with van der Waals surface area (Å²) in [5.74, 6) is 1.67. The number of aromatic nitrogens is 2. The van der Waals surface area contributed by atoms with Gasteiger partial charge in [0.2, 0.25) is 11.8 Å². The van der Waals surface area contributed by atoms with Crippen LogP contribution < -0.4 is 20.5 Å². The smallest absolute Gasteiger partial charge is 0.250 e. The molecule has 5 rings (SSSR count). The Morgan fingerprint density at radius 2 is 1.77 bits per heavy atom. The molecule has 0 aliphatic rings. The van der Waals surface area contributed by atoms with Crippen molar-refractivity contribution in [2.45, 2.75) is 19.4 Å². The molecule has 0 saturated heterocycles. The SMILES string of the molecule is CC(CNCC(O)COc1cccc2[nH]c3ccccc3c12)Cc1ccc(Oc2ccc(C(N)=O)cn2)cc1.Cl. The molecule has 208 valence electrons. The monoisotopic (exact) mass is 560 g/mol. The highest BCUT2D eigenvalue weighted by molar-refractivity contribution is 6.10. The van der Waals surface area contributed by atoms with Gasteiger partial charge in [0.1, 0.15) is 24.2 Å². The Morgan fingerprint density at radius 3 is 2.52 bits per heavy atom. The standard InChI is InChI=1S/C31H32N4O4.ClH/c1-20(15-21-9-12-24(13-10-21)39-29-14-11-22(17-34-29)31(32)37)16-33-18-23(36)19-38-28-8-4-7-27-30(28)25-5-2-3-6-26(25)35-27;/h2-14,17,20,23,33,35-36H,15-16,18-19H2,1H3,(H2,32,37);1H. The molecule has 0 radical (unpaired) electrons. The summed E-state index contributed by atoms with van der Waals surface area (Å²) in [4.78, 5) is 18.7. The van der Waals surface area contributed by atoms with Gasteiger partial charge in [-0.25, -0.2) is 4.98 Å². The molecule has 0 fully saturated rings. The number of benzene rings is 3. The van der Waals surface area contributed by atoms with Crippen LogP contribution in [0.25, 0.3) is 21.8 Å². The molecule has 3 aromatic carbocycles. The molecular weight excluding hydrogens is 528 g/mol. The maximum Gasteiger partial charge on any atom is 0.250 e. The quantitative estimate of drug-likeness (QED) is 0.166. The average Bonchev–Trinajstić information content (AvgIpc) is 3.33. The Bertz CT molecular complexity index is 1550. The minimum Gasteiger partial charge on any atom is -0.490 e.